The lowest BCUT2D eigenvalue weighted by molar-refractivity contribution is 1.67. The molecule has 210 valence electrons. The van der Waals surface area contributed by atoms with Gasteiger partial charge in [0.05, 0.1) is 0 Å². The Morgan fingerprint density at radius 2 is 0.867 bits per heavy atom. The fourth-order valence-corrected chi connectivity index (χ4v) is 10.8. The van der Waals surface area contributed by atoms with Crippen molar-refractivity contribution in [1.29, 1.82) is 0 Å². The second-order valence-corrected chi connectivity index (χ2v) is 15.0. The Balaban J connectivity index is 1.46. The van der Waals surface area contributed by atoms with Crippen LogP contribution in [-0.2, 0) is 0 Å². The third-order valence-electron chi connectivity index (χ3n) is 9.29. The first kappa shape index (κ1) is 26.0. The van der Waals surface area contributed by atoms with E-state index in [-0.39, 0.29) is 0 Å². The van der Waals surface area contributed by atoms with E-state index in [1.807, 2.05) is 22.7 Å². The third kappa shape index (κ3) is 3.69. The highest BCUT2D eigenvalue weighted by Crippen LogP contribution is 2.52. The van der Waals surface area contributed by atoms with Gasteiger partial charge in [0.1, 0.15) is 0 Å². The number of rotatable bonds is 2. The van der Waals surface area contributed by atoms with Crippen LogP contribution in [0.15, 0.2) is 140 Å². The Bertz CT molecular complexity index is 2760. The summed E-state index contributed by atoms with van der Waals surface area (Å²) in [5.41, 5.74) is 5.20. The van der Waals surface area contributed by atoms with Gasteiger partial charge in [-0.1, -0.05) is 115 Å². The van der Waals surface area contributed by atoms with Crippen molar-refractivity contribution in [3.05, 3.63) is 143 Å². The first-order valence-corrected chi connectivity index (χ1v) is 17.8. The van der Waals surface area contributed by atoms with Gasteiger partial charge in [-0.15, -0.1) is 22.7 Å². The molecule has 0 fully saturated rings. The van der Waals surface area contributed by atoms with Crippen molar-refractivity contribution in [2.24, 2.45) is 0 Å². The van der Waals surface area contributed by atoms with E-state index in [0.717, 1.165) is 0 Å². The summed E-state index contributed by atoms with van der Waals surface area (Å²) >= 11 is 6.42. The molecule has 10 rings (SSSR count). The SMILES string of the molecule is Ic1cc2cc(-c3c4ccccc4c(-c4ccccc4)c4ccccc34)c3sc4ccccc4c3c2c2c1sc1ccccc12. The Labute approximate surface area is 281 Å². The molecule has 2 heterocycles. The normalized spacial score (nSPS) is 12.1. The maximum atomic E-state index is 2.56. The van der Waals surface area contributed by atoms with Crippen LogP contribution in [0.1, 0.15) is 0 Å². The molecule has 0 saturated carbocycles. The molecule has 0 nitrogen and oxygen atoms in total. The molecule has 0 atom stereocenters. The van der Waals surface area contributed by atoms with Gasteiger partial charge in [-0.05, 0) is 90.5 Å². The number of hydrogen-bond donors (Lipinski definition) is 0. The molecule has 0 aliphatic rings. The van der Waals surface area contributed by atoms with Crippen molar-refractivity contribution in [2.75, 3.05) is 0 Å². The van der Waals surface area contributed by atoms with Gasteiger partial charge in [0, 0.05) is 54.9 Å². The summed E-state index contributed by atoms with van der Waals surface area (Å²) in [5.74, 6) is 0. The summed E-state index contributed by atoms with van der Waals surface area (Å²) in [6, 6.07) is 51.7. The standard InChI is InChI=1S/C42H23IS2/c43-33-23-25-22-32(38-28-16-6-4-14-26(28)36(24-12-2-1-3-13-24)27-15-5-7-17-29(27)38)41-39(30-18-8-10-20-34(30)44-41)37(25)40-31-19-9-11-21-35(31)45-42(33)40/h1-23H. The van der Waals surface area contributed by atoms with Crippen LogP contribution in [0, 0.1) is 3.57 Å². The number of hydrogen-bond acceptors (Lipinski definition) is 2. The average Bonchev–Trinajstić information content (AvgIpc) is 3.67. The second-order valence-electron chi connectivity index (χ2n) is 11.7. The molecule has 0 saturated heterocycles. The Morgan fingerprint density at radius 3 is 1.47 bits per heavy atom. The van der Waals surface area contributed by atoms with Crippen LogP contribution < -0.4 is 0 Å². The fourth-order valence-electron chi connectivity index (χ4n) is 7.49. The van der Waals surface area contributed by atoms with Gasteiger partial charge in [0.25, 0.3) is 0 Å². The minimum atomic E-state index is 1.25. The molecular weight excluding hydrogens is 696 g/mol. The van der Waals surface area contributed by atoms with Gasteiger partial charge in [-0.3, -0.25) is 0 Å². The summed E-state index contributed by atoms with van der Waals surface area (Å²) in [6.45, 7) is 0. The summed E-state index contributed by atoms with van der Waals surface area (Å²) in [7, 11) is 0. The Kier molecular flexibility index (Phi) is 5.69. The minimum absolute atomic E-state index is 1.25. The number of thiophene rings is 2. The summed E-state index contributed by atoms with van der Waals surface area (Å²) in [4.78, 5) is 0. The van der Waals surface area contributed by atoms with Crippen molar-refractivity contribution < 1.29 is 0 Å². The largest absolute Gasteiger partial charge is 0.135 e. The number of halogens is 1. The molecule has 0 aliphatic heterocycles. The van der Waals surface area contributed by atoms with E-state index in [4.69, 9.17) is 0 Å². The van der Waals surface area contributed by atoms with Gasteiger partial charge in [-0.25, -0.2) is 0 Å². The molecule has 0 N–H and O–H groups in total. The Morgan fingerprint density at radius 1 is 0.400 bits per heavy atom. The molecule has 0 bridgehead atoms. The van der Waals surface area contributed by atoms with Gasteiger partial charge in [0.2, 0.25) is 0 Å². The van der Waals surface area contributed by atoms with Crippen molar-refractivity contribution in [2.45, 2.75) is 0 Å². The maximum absolute atomic E-state index is 2.56. The predicted molar refractivity (Wildman–Crippen MR) is 208 cm³/mol. The summed E-state index contributed by atoms with van der Waals surface area (Å²) < 4.78 is 6.75. The lowest BCUT2D eigenvalue weighted by Gasteiger charge is -2.19. The first-order valence-electron chi connectivity index (χ1n) is 15.1. The highest BCUT2D eigenvalue weighted by molar-refractivity contribution is 14.1. The second kappa shape index (κ2) is 9.85. The van der Waals surface area contributed by atoms with E-state index in [2.05, 4.69) is 162 Å². The Hall–Kier alpha value is -4.29. The zero-order valence-electron chi connectivity index (χ0n) is 24.0. The molecule has 2 aromatic heterocycles. The molecule has 10 aromatic rings. The highest BCUT2D eigenvalue weighted by atomic mass is 127. The fraction of sp³-hybridized carbons (Fsp3) is 0. The van der Waals surface area contributed by atoms with Crippen LogP contribution in [0.3, 0.4) is 0 Å². The maximum Gasteiger partial charge on any atom is 0.0495 e. The highest BCUT2D eigenvalue weighted by Gasteiger charge is 2.23. The van der Waals surface area contributed by atoms with Crippen molar-refractivity contribution in [3.63, 3.8) is 0 Å². The van der Waals surface area contributed by atoms with Gasteiger partial charge < -0.3 is 0 Å². The third-order valence-corrected chi connectivity index (χ3v) is 12.9. The molecule has 0 aliphatic carbocycles. The molecule has 0 radical (unpaired) electrons. The van der Waals surface area contributed by atoms with Crippen molar-refractivity contribution >= 4 is 118 Å². The van der Waals surface area contributed by atoms with Crippen LogP contribution in [-0.4, -0.2) is 0 Å². The van der Waals surface area contributed by atoms with Crippen LogP contribution in [0.5, 0.6) is 0 Å². The molecule has 0 unspecified atom stereocenters. The quantitative estimate of drug-likeness (QED) is 0.123. The predicted octanol–water partition coefficient (Wildman–Crippen LogP) is 13.8. The van der Waals surface area contributed by atoms with E-state index in [9.17, 15) is 0 Å². The molecule has 8 aromatic carbocycles. The van der Waals surface area contributed by atoms with Crippen LogP contribution in [0.25, 0.3) is 94.9 Å². The topological polar surface area (TPSA) is 0 Å². The summed E-state index contributed by atoms with van der Waals surface area (Å²) in [5, 5.41) is 13.3. The molecule has 45 heavy (non-hydrogen) atoms. The van der Waals surface area contributed by atoms with Gasteiger partial charge >= 0.3 is 0 Å². The van der Waals surface area contributed by atoms with Crippen LogP contribution in [0.2, 0.25) is 0 Å². The van der Waals surface area contributed by atoms with E-state index < -0.39 is 0 Å². The lowest BCUT2D eigenvalue weighted by Crippen LogP contribution is -1.91. The molecule has 0 spiro atoms. The zero-order valence-corrected chi connectivity index (χ0v) is 27.8. The molecule has 3 heteroatoms. The van der Waals surface area contributed by atoms with Gasteiger partial charge in [0.15, 0.2) is 0 Å². The summed E-state index contributed by atoms with van der Waals surface area (Å²) in [6.07, 6.45) is 0. The van der Waals surface area contributed by atoms with Crippen molar-refractivity contribution in [3.8, 4) is 22.3 Å². The van der Waals surface area contributed by atoms with E-state index >= 15 is 0 Å². The number of benzene rings is 8. The van der Waals surface area contributed by atoms with Crippen LogP contribution in [0.4, 0.5) is 0 Å². The smallest absolute Gasteiger partial charge is 0.0495 e. The average molecular weight is 719 g/mol. The minimum Gasteiger partial charge on any atom is -0.135 e. The molecular formula is C42H23IS2. The van der Waals surface area contributed by atoms with E-state index in [1.54, 1.807) is 0 Å². The first-order chi connectivity index (χ1) is 22.3. The van der Waals surface area contributed by atoms with E-state index in [1.165, 1.54) is 98.5 Å². The number of fused-ring (bicyclic) bond motifs is 11. The van der Waals surface area contributed by atoms with E-state index in [0.29, 0.717) is 0 Å². The molecule has 0 amide bonds. The van der Waals surface area contributed by atoms with Gasteiger partial charge in [-0.2, -0.15) is 0 Å². The monoisotopic (exact) mass is 718 g/mol. The lowest BCUT2D eigenvalue weighted by atomic mass is 9.85. The zero-order chi connectivity index (χ0) is 29.6. The van der Waals surface area contributed by atoms with Crippen LogP contribution >= 0.6 is 45.3 Å². The van der Waals surface area contributed by atoms with Crippen molar-refractivity contribution in [1.82, 2.24) is 0 Å².